The second-order valence-corrected chi connectivity index (χ2v) is 5.66. The van der Waals surface area contributed by atoms with Crippen LogP contribution < -0.4 is 15.0 Å². The van der Waals surface area contributed by atoms with Gasteiger partial charge in [0.15, 0.2) is 0 Å². The first-order chi connectivity index (χ1) is 11.6. The highest BCUT2D eigenvalue weighted by molar-refractivity contribution is 6.07. The van der Waals surface area contributed by atoms with E-state index in [0.29, 0.717) is 24.5 Å². The number of nitrogens with one attached hydrogen (secondary N) is 1. The number of hydrogen-bond acceptors (Lipinski definition) is 3. The molecule has 2 amide bonds. The zero-order valence-electron chi connectivity index (χ0n) is 13.8. The first-order valence-corrected chi connectivity index (χ1v) is 8.02. The van der Waals surface area contributed by atoms with E-state index in [1.54, 1.807) is 11.0 Å². The van der Waals surface area contributed by atoms with Crippen LogP contribution >= 0.6 is 0 Å². The van der Waals surface area contributed by atoms with E-state index in [2.05, 4.69) is 5.32 Å². The number of ether oxygens (including phenoxy) is 1. The number of fused-ring (bicyclic) bond motifs is 1. The molecule has 5 nitrogen and oxygen atoms in total. The molecule has 1 atom stereocenters. The minimum atomic E-state index is -0.547. The Morgan fingerprint density at radius 3 is 2.62 bits per heavy atom. The van der Waals surface area contributed by atoms with E-state index in [4.69, 9.17) is 4.74 Å². The van der Waals surface area contributed by atoms with Crippen LogP contribution in [0.2, 0.25) is 0 Å². The van der Waals surface area contributed by atoms with Crippen molar-refractivity contribution in [2.24, 2.45) is 0 Å². The van der Waals surface area contributed by atoms with Crippen LogP contribution in [0.4, 0.5) is 11.4 Å². The van der Waals surface area contributed by atoms with Crippen molar-refractivity contribution in [1.82, 2.24) is 0 Å². The molecule has 0 radical (unpaired) electrons. The van der Waals surface area contributed by atoms with Crippen LogP contribution in [0.3, 0.4) is 0 Å². The molecular formula is C19H20N2O3. The molecule has 0 aliphatic carbocycles. The fourth-order valence-corrected chi connectivity index (χ4v) is 3.05. The smallest absolute Gasteiger partial charge is 0.248 e. The molecule has 0 saturated carbocycles. The third-order valence-electron chi connectivity index (χ3n) is 4.06. The topological polar surface area (TPSA) is 58.6 Å². The Bertz CT molecular complexity index is 773. The SMILES string of the molecule is CCOc1ccccc1NC(=O)[C@H]1Cc2ccccc2N1C(C)=O. The van der Waals surface area contributed by atoms with Crippen molar-refractivity contribution in [2.75, 3.05) is 16.8 Å². The normalized spacial score (nSPS) is 15.8. The van der Waals surface area contributed by atoms with Crippen molar-refractivity contribution < 1.29 is 14.3 Å². The summed E-state index contributed by atoms with van der Waals surface area (Å²) < 4.78 is 5.54. The molecule has 1 N–H and O–H groups in total. The first-order valence-electron chi connectivity index (χ1n) is 8.02. The molecule has 24 heavy (non-hydrogen) atoms. The van der Waals surface area contributed by atoms with Gasteiger partial charge in [-0.1, -0.05) is 30.3 Å². The van der Waals surface area contributed by atoms with E-state index in [1.165, 1.54) is 6.92 Å². The molecule has 0 fully saturated rings. The Kier molecular flexibility index (Phi) is 4.51. The van der Waals surface area contributed by atoms with Gasteiger partial charge in [-0.2, -0.15) is 0 Å². The van der Waals surface area contributed by atoms with Crippen molar-refractivity contribution in [1.29, 1.82) is 0 Å². The van der Waals surface area contributed by atoms with Crippen LogP contribution in [-0.2, 0) is 16.0 Å². The van der Waals surface area contributed by atoms with E-state index in [9.17, 15) is 9.59 Å². The number of amides is 2. The van der Waals surface area contributed by atoms with E-state index < -0.39 is 6.04 Å². The van der Waals surface area contributed by atoms with Crippen LogP contribution in [0, 0.1) is 0 Å². The molecule has 0 unspecified atom stereocenters. The molecular weight excluding hydrogens is 304 g/mol. The third kappa shape index (κ3) is 2.97. The maximum Gasteiger partial charge on any atom is 0.248 e. The summed E-state index contributed by atoms with van der Waals surface area (Å²) >= 11 is 0. The predicted molar refractivity (Wildman–Crippen MR) is 93.3 cm³/mol. The molecule has 0 bridgehead atoms. The molecule has 0 saturated heterocycles. The van der Waals surface area contributed by atoms with Crippen molar-refractivity contribution in [3.05, 3.63) is 54.1 Å². The van der Waals surface area contributed by atoms with Gasteiger partial charge in [-0.05, 0) is 30.7 Å². The van der Waals surface area contributed by atoms with Gasteiger partial charge in [-0.15, -0.1) is 0 Å². The summed E-state index contributed by atoms with van der Waals surface area (Å²) in [5, 5.41) is 2.90. The van der Waals surface area contributed by atoms with Crippen LogP contribution in [0.1, 0.15) is 19.4 Å². The Morgan fingerprint density at radius 2 is 1.88 bits per heavy atom. The average molecular weight is 324 g/mol. The summed E-state index contributed by atoms with van der Waals surface area (Å²) in [7, 11) is 0. The summed E-state index contributed by atoms with van der Waals surface area (Å²) in [6.45, 7) is 3.89. The van der Waals surface area contributed by atoms with Gasteiger partial charge in [0.25, 0.3) is 0 Å². The average Bonchev–Trinajstić information content (AvgIpc) is 2.96. The Hall–Kier alpha value is -2.82. The second-order valence-electron chi connectivity index (χ2n) is 5.66. The lowest BCUT2D eigenvalue weighted by Gasteiger charge is -2.23. The van der Waals surface area contributed by atoms with E-state index in [1.807, 2.05) is 49.4 Å². The minimum Gasteiger partial charge on any atom is -0.492 e. The lowest BCUT2D eigenvalue weighted by atomic mass is 10.1. The largest absolute Gasteiger partial charge is 0.492 e. The third-order valence-corrected chi connectivity index (χ3v) is 4.06. The maximum absolute atomic E-state index is 12.8. The van der Waals surface area contributed by atoms with E-state index in [-0.39, 0.29) is 11.8 Å². The van der Waals surface area contributed by atoms with Gasteiger partial charge >= 0.3 is 0 Å². The zero-order valence-corrected chi connectivity index (χ0v) is 13.8. The molecule has 1 aliphatic rings. The van der Waals surface area contributed by atoms with Crippen molar-refractivity contribution in [2.45, 2.75) is 26.3 Å². The quantitative estimate of drug-likeness (QED) is 0.940. The van der Waals surface area contributed by atoms with Crippen LogP contribution in [-0.4, -0.2) is 24.5 Å². The number of para-hydroxylation sites is 3. The molecule has 0 spiro atoms. The molecule has 2 aromatic rings. The zero-order chi connectivity index (χ0) is 17.1. The lowest BCUT2D eigenvalue weighted by molar-refractivity contribution is -0.122. The van der Waals surface area contributed by atoms with Gasteiger partial charge in [0.2, 0.25) is 11.8 Å². The first kappa shape index (κ1) is 16.1. The molecule has 3 rings (SSSR count). The molecule has 5 heteroatoms. The number of anilines is 2. The number of hydrogen-bond donors (Lipinski definition) is 1. The molecule has 1 heterocycles. The molecule has 1 aliphatic heterocycles. The number of carbonyl (C=O) groups is 2. The minimum absolute atomic E-state index is 0.141. The predicted octanol–water partition coefficient (Wildman–Crippen LogP) is 3.00. The number of nitrogens with zero attached hydrogens (tertiary/aromatic N) is 1. The Balaban J connectivity index is 1.85. The fraction of sp³-hybridized carbons (Fsp3) is 0.263. The molecule has 124 valence electrons. The summed E-state index contributed by atoms with van der Waals surface area (Å²) in [6.07, 6.45) is 0.512. The lowest BCUT2D eigenvalue weighted by Crippen LogP contribution is -2.44. The van der Waals surface area contributed by atoms with Gasteiger partial charge < -0.3 is 10.1 Å². The van der Waals surface area contributed by atoms with Crippen LogP contribution in [0.15, 0.2) is 48.5 Å². The molecule has 0 aromatic heterocycles. The number of benzene rings is 2. The number of carbonyl (C=O) groups excluding carboxylic acids is 2. The number of rotatable bonds is 4. The summed E-state index contributed by atoms with van der Waals surface area (Å²) in [6, 6.07) is 14.4. The van der Waals surface area contributed by atoms with Crippen LogP contribution in [0.25, 0.3) is 0 Å². The van der Waals surface area contributed by atoms with Gasteiger partial charge in [-0.25, -0.2) is 0 Å². The maximum atomic E-state index is 12.8. The van der Waals surface area contributed by atoms with E-state index >= 15 is 0 Å². The summed E-state index contributed by atoms with van der Waals surface area (Å²) in [5.74, 6) is 0.269. The van der Waals surface area contributed by atoms with E-state index in [0.717, 1.165) is 11.3 Å². The Labute approximate surface area is 141 Å². The fourth-order valence-electron chi connectivity index (χ4n) is 3.05. The van der Waals surface area contributed by atoms with Gasteiger partial charge in [0.05, 0.1) is 12.3 Å². The second kappa shape index (κ2) is 6.74. The van der Waals surface area contributed by atoms with Gasteiger partial charge in [-0.3, -0.25) is 14.5 Å². The highest BCUT2D eigenvalue weighted by Crippen LogP contribution is 2.33. The van der Waals surface area contributed by atoms with Crippen molar-refractivity contribution in [3.8, 4) is 5.75 Å². The monoisotopic (exact) mass is 324 g/mol. The molecule has 2 aromatic carbocycles. The summed E-state index contributed by atoms with van der Waals surface area (Å²) in [4.78, 5) is 26.4. The van der Waals surface area contributed by atoms with Crippen LogP contribution in [0.5, 0.6) is 5.75 Å². The highest BCUT2D eigenvalue weighted by Gasteiger charge is 2.36. The van der Waals surface area contributed by atoms with Gasteiger partial charge in [0, 0.05) is 19.0 Å². The Morgan fingerprint density at radius 1 is 1.17 bits per heavy atom. The van der Waals surface area contributed by atoms with Crippen molar-refractivity contribution >= 4 is 23.2 Å². The van der Waals surface area contributed by atoms with Gasteiger partial charge in [0.1, 0.15) is 11.8 Å². The summed E-state index contributed by atoms with van der Waals surface area (Å²) in [5.41, 5.74) is 2.43. The standard InChI is InChI=1S/C19H20N2O3/c1-3-24-18-11-7-5-9-15(18)20-19(23)17-12-14-8-4-6-10-16(14)21(17)13(2)22/h4-11,17H,3,12H2,1-2H3,(H,20,23)/t17-/m1/s1. The van der Waals surface area contributed by atoms with Crippen molar-refractivity contribution in [3.63, 3.8) is 0 Å². The highest BCUT2D eigenvalue weighted by atomic mass is 16.5.